The maximum atomic E-state index is 12.4. The summed E-state index contributed by atoms with van der Waals surface area (Å²) in [6.45, 7) is 3.42. The Hall–Kier alpha value is -2.73. The first-order chi connectivity index (χ1) is 11.0. The second-order valence-corrected chi connectivity index (χ2v) is 7.09. The average molecular weight is 327 g/mol. The lowest BCUT2D eigenvalue weighted by molar-refractivity contribution is 0.0926. The summed E-state index contributed by atoms with van der Waals surface area (Å²) in [6, 6.07) is 12.3. The molecule has 2 aromatic carbocycles. The molecular weight excluding hydrogens is 314 g/mol. The van der Waals surface area contributed by atoms with Gasteiger partial charge >= 0.3 is 0 Å². The minimum absolute atomic E-state index is 0.123. The lowest BCUT2D eigenvalue weighted by atomic mass is 10.1. The summed E-state index contributed by atoms with van der Waals surface area (Å²) < 4.78 is 23.9. The van der Waals surface area contributed by atoms with Crippen molar-refractivity contribution in [2.75, 3.05) is 10.7 Å². The number of sulfone groups is 1. The Kier molecular flexibility index (Phi) is 3.61. The van der Waals surface area contributed by atoms with Crippen molar-refractivity contribution >= 4 is 27.3 Å². The van der Waals surface area contributed by atoms with Gasteiger partial charge in [-0.05, 0) is 36.4 Å². The van der Waals surface area contributed by atoms with E-state index in [1.165, 1.54) is 30.3 Å². The highest BCUT2D eigenvalue weighted by Crippen LogP contribution is 2.29. The van der Waals surface area contributed by atoms with Crippen molar-refractivity contribution in [3.05, 3.63) is 72.3 Å². The van der Waals surface area contributed by atoms with E-state index in [1.54, 1.807) is 24.3 Å². The zero-order valence-corrected chi connectivity index (χ0v) is 12.9. The third-order valence-corrected chi connectivity index (χ3v) is 5.25. The van der Waals surface area contributed by atoms with Crippen molar-refractivity contribution in [2.24, 2.45) is 0 Å². The van der Waals surface area contributed by atoms with Gasteiger partial charge < -0.3 is 0 Å². The minimum atomic E-state index is -3.44. The molecule has 0 spiro atoms. The number of nitrogens with zero attached hydrogens (tertiary/aromatic N) is 1. The number of amides is 2. The lowest BCUT2D eigenvalue weighted by Crippen LogP contribution is -2.29. The smallest absolute Gasteiger partial charge is 0.266 e. The molecule has 0 unspecified atom stereocenters. The van der Waals surface area contributed by atoms with Gasteiger partial charge in [-0.3, -0.25) is 9.59 Å². The second kappa shape index (κ2) is 5.48. The molecule has 0 saturated heterocycles. The molecule has 0 aliphatic carbocycles. The van der Waals surface area contributed by atoms with Crippen molar-refractivity contribution < 1.29 is 18.0 Å². The van der Waals surface area contributed by atoms with Gasteiger partial charge in [0.1, 0.15) is 0 Å². The summed E-state index contributed by atoms with van der Waals surface area (Å²) in [5.41, 5.74) is 1.04. The Balaban J connectivity index is 1.97. The van der Waals surface area contributed by atoms with E-state index in [4.69, 9.17) is 0 Å². The third kappa shape index (κ3) is 2.47. The number of fused-ring (bicyclic) bond motifs is 1. The number of imide groups is 1. The molecule has 0 atom stereocenters. The van der Waals surface area contributed by atoms with Crippen molar-refractivity contribution in [1.82, 2.24) is 0 Å². The highest BCUT2D eigenvalue weighted by atomic mass is 32.2. The fourth-order valence-electron chi connectivity index (χ4n) is 2.48. The van der Waals surface area contributed by atoms with Gasteiger partial charge in [0.2, 0.25) is 0 Å². The van der Waals surface area contributed by atoms with E-state index in [1.807, 2.05) is 0 Å². The molecule has 0 saturated carbocycles. The Morgan fingerprint density at radius 2 is 1.43 bits per heavy atom. The van der Waals surface area contributed by atoms with Crippen LogP contribution >= 0.6 is 0 Å². The number of hydrogen-bond acceptors (Lipinski definition) is 4. The number of anilines is 1. The summed E-state index contributed by atoms with van der Waals surface area (Å²) >= 11 is 0. The number of hydrogen-bond donors (Lipinski definition) is 0. The van der Waals surface area contributed by atoms with Gasteiger partial charge in [0.15, 0.2) is 9.84 Å². The summed E-state index contributed by atoms with van der Waals surface area (Å²) in [6.07, 6.45) is 1.31. The summed E-state index contributed by atoms with van der Waals surface area (Å²) in [5.74, 6) is -0.987. The van der Waals surface area contributed by atoms with Gasteiger partial charge in [-0.2, -0.15) is 0 Å². The molecule has 1 aliphatic rings. The first kappa shape index (κ1) is 15.2. The largest absolute Gasteiger partial charge is 0.268 e. The molecule has 0 N–H and O–H groups in total. The molecule has 116 valence electrons. The number of rotatable bonds is 4. The summed E-state index contributed by atoms with van der Waals surface area (Å²) in [5, 5.41) is 0. The van der Waals surface area contributed by atoms with E-state index in [-0.39, 0.29) is 10.6 Å². The first-order valence-corrected chi connectivity index (χ1v) is 8.52. The second-order valence-electron chi connectivity index (χ2n) is 5.06. The van der Waals surface area contributed by atoms with Gasteiger partial charge in [-0.15, -0.1) is 6.58 Å². The highest BCUT2D eigenvalue weighted by molar-refractivity contribution is 7.91. The van der Waals surface area contributed by atoms with E-state index in [9.17, 15) is 18.0 Å². The fourth-order valence-corrected chi connectivity index (χ4v) is 3.53. The Morgan fingerprint density at radius 1 is 0.913 bits per heavy atom. The summed E-state index contributed by atoms with van der Waals surface area (Å²) in [4.78, 5) is 25.9. The van der Waals surface area contributed by atoms with Crippen molar-refractivity contribution in [2.45, 2.75) is 4.90 Å². The molecule has 0 radical (unpaired) electrons. The van der Waals surface area contributed by atoms with Crippen LogP contribution in [0.3, 0.4) is 0 Å². The van der Waals surface area contributed by atoms with Crippen LogP contribution in [0.2, 0.25) is 0 Å². The van der Waals surface area contributed by atoms with Crippen LogP contribution in [0.15, 0.2) is 66.1 Å². The quantitative estimate of drug-likeness (QED) is 0.639. The Morgan fingerprint density at radius 3 is 1.91 bits per heavy atom. The Labute approximate surface area is 133 Å². The van der Waals surface area contributed by atoms with Crippen LogP contribution in [0.25, 0.3) is 0 Å². The van der Waals surface area contributed by atoms with Gasteiger partial charge in [-0.1, -0.05) is 18.2 Å². The standard InChI is InChI=1S/C17H13NO4S/c1-2-11-23(21,22)13-9-7-12(8-10-13)18-16(19)14-5-3-4-6-15(14)17(18)20/h2-10H,1,11H2. The fraction of sp³-hybridized carbons (Fsp3) is 0.0588. The van der Waals surface area contributed by atoms with Gasteiger partial charge in [0.25, 0.3) is 11.8 Å². The number of carbonyl (C=O) groups excluding carboxylic acids is 2. The normalized spacial score (nSPS) is 14.0. The lowest BCUT2D eigenvalue weighted by Gasteiger charge is -2.14. The van der Waals surface area contributed by atoms with E-state index < -0.39 is 21.7 Å². The van der Waals surface area contributed by atoms with Gasteiger partial charge in [-0.25, -0.2) is 13.3 Å². The van der Waals surface area contributed by atoms with Gasteiger partial charge in [0.05, 0.1) is 27.5 Å². The molecule has 6 heteroatoms. The molecule has 23 heavy (non-hydrogen) atoms. The van der Waals surface area contributed by atoms with Gasteiger partial charge in [0, 0.05) is 0 Å². The van der Waals surface area contributed by atoms with Crippen LogP contribution in [0.4, 0.5) is 5.69 Å². The first-order valence-electron chi connectivity index (χ1n) is 6.87. The molecule has 2 amide bonds. The van der Waals surface area contributed by atoms with Crippen LogP contribution in [-0.2, 0) is 9.84 Å². The molecule has 5 nitrogen and oxygen atoms in total. The molecule has 2 aromatic rings. The van der Waals surface area contributed by atoms with E-state index in [2.05, 4.69) is 6.58 Å². The van der Waals surface area contributed by atoms with E-state index >= 15 is 0 Å². The van der Waals surface area contributed by atoms with Crippen molar-refractivity contribution in [1.29, 1.82) is 0 Å². The zero-order valence-electron chi connectivity index (χ0n) is 12.1. The minimum Gasteiger partial charge on any atom is -0.268 e. The molecular formula is C17H13NO4S. The topological polar surface area (TPSA) is 71.5 Å². The van der Waals surface area contributed by atoms with Crippen molar-refractivity contribution in [3.8, 4) is 0 Å². The molecule has 0 aromatic heterocycles. The predicted molar refractivity (Wildman–Crippen MR) is 86.3 cm³/mol. The van der Waals surface area contributed by atoms with Crippen LogP contribution in [0.5, 0.6) is 0 Å². The maximum Gasteiger partial charge on any atom is 0.266 e. The van der Waals surface area contributed by atoms with Crippen LogP contribution < -0.4 is 4.90 Å². The average Bonchev–Trinajstić information content (AvgIpc) is 2.79. The third-order valence-electron chi connectivity index (χ3n) is 3.59. The zero-order chi connectivity index (χ0) is 16.6. The highest BCUT2D eigenvalue weighted by Gasteiger charge is 2.36. The Bertz CT molecular complexity index is 879. The molecule has 1 heterocycles. The number of carbonyl (C=O) groups is 2. The predicted octanol–water partition coefficient (Wildman–Crippen LogP) is 2.45. The molecule has 3 rings (SSSR count). The maximum absolute atomic E-state index is 12.4. The monoisotopic (exact) mass is 327 g/mol. The molecule has 0 bridgehead atoms. The summed E-state index contributed by atoms with van der Waals surface area (Å²) in [7, 11) is -3.44. The van der Waals surface area contributed by atoms with Crippen LogP contribution in [0.1, 0.15) is 20.7 Å². The SMILES string of the molecule is C=CCS(=O)(=O)c1ccc(N2C(=O)c3ccccc3C2=O)cc1. The van der Waals surface area contributed by atoms with Crippen LogP contribution in [-0.4, -0.2) is 26.0 Å². The van der Waals surface area contributed by atoms with Crippen LogP contribution in [0, 0.1) is 0 Å². The molecule has 1 aliphatic heterocycles. The number of benzene rings is 2. The van der Waals surface area contributed by atoms with Crippen molar-refractivity contribution in [3.63, 3.8) is 0 Å². The molecule has 0 fully saturated rings. The van der Waals surface area contributed by atoms with E-state index in [0.717, 1.165) is 4.90 Å². The van der Waals surface area contributed by atoms with E-state index in [0.29, 0.717) is 16.8 Å².